The van der Waals surface area contributed by atoms with Gasteiger partial charge in [-0.1, -0.05) is 39.3 Å². The Hall–Kier alpha value is -0.830. The minimum Gasteiger partial charge on any atom is -0.411 e. The first-order chi connectivity index (χ1) is 5.25. The van der Waals surface area contributed by atoms with Gasteiger partial charge in [-0.25, -0.2) is 0 Å². The van der Waals surface area contributed by atoms with Crippen LogP contribution in [0.2, 0.25) is 0 Å². The predicted molar refractivity (Wildman–Crippen MR) is 48.1 cm³/mol. The summed E-state index contributed by atoms with van der Waals surface area (Å²) in [7, 11) is 0. The summed E-state index contributed by atoms with van der Waals surface area (Å²) in [5, 5.41) is 11.6. The molecule has 0 fully saturated rings. The first kappa shape index (κ1) is 8.27. The van der Waals surface area contributed by atoms with Crippen LogP contribution in [-0.4, -0.2) is 10.9 Å². The average molecular weight is 214 g/mol. The van der Waals surface area contributed by atoms with Crippen LogP contribution < -0.4 is 0 Å². The van der Waals surface area contributed by atoms with Crippen molar-refractivity contribution in [2.45, 2.75) is 6.92 Å². The number of hydrogen-bond acceptors (Lipinski definition) is 2. The van der Waals surface area contributed by atoms with Gasteiger partial charge in [0.15, 0.2) is 0 Å². The minimum atomic E-state index is 0.609. The number of oxime groups is 1. The van der Waals surface area contributed by atoms with Crippen LogP contribution in [0, 0.1) is 0 Å². The lowest BCUT2D eigenvalue weighted by Gasteiger charge is -1.99. The van der Waals surface area contributed by atoms with Gasteiger partial charge >= 0.3 is 0 Å². The molecule has 0 aliphatic carbocycles. The fourth-order valence-electron chi connectivity index (χ4n) is 0.808. The van der Waals surface area contributed by atoms with E-state index in [1.807, 2.05) is 24.3 Å². The summed E-state index contributed by atoms with van der Waals surface area (Å²) < 4.78 is 0.940. The first-order valence-electron chi connectivity index (χ1n) is 3.19. The van der Waals surface area contributed by atoms with E-state index in [1.165, 1.54) is 0 Å². The maximum Gasteiger partial charge on any atom is 0.0848 e. The molecule has 58 valence electrons. The largest absolute Gasteiger partial charge is 0.411 e. The maximum absolute atomic E-state index is 8.48. The molecule has 0 atom stereocenters. The highest BCUT2D eigenvalue weighted by Gasteiger charge is 2.00. The summed E-state index contributed by atoms with van der Waals surface area (Å²) in [6.07, 6.45) is 0. The van der Waals surface area contributed by atoms with Crippen molar-refractivity contribution in [3.05, 3.63) is 34.3 Å². The van der Waals surface area contributed by atoms with E-state index in [2.05, 4.69) is 21.1 Å². The number of nitrogens with zero attached hydrogens (tertiary/aromatic N) is 1. The van der Waals surface area contributed by atoms with Gasteiger partial charge in [-0.2, -0.15) is 0 Å². The summed E-state index contributed by atoms with van der Waals surface area (Å²) in [5.41, 5.74) is 1.52. The lowest BCUT2D eigenvalue weighted by molar-refractivity contribution is 0.319. The highest BCUT2D eigenvalue weighted by atomic mass is 79.9. The standard InChI is InChI=1S/C8H8BrNO/c1-6(10-11)7-4-2-3-5-8(7)9/h2-5,11H,1H3. The third-order valence-corrected chi connectivity index (χ3v) is 2.11. The SMILES string of the molecule is CC(=NO)c1ccccc1Br. The van der Waals surface area contributed by atoms with Gasteiger partial charge in [0.05, 0.1) is 5.71 Å². The van der Waals surface area contributed by atoms with Crippen LogP contribution in [0.5, 0.6) is 0 Å². The van der Waals surface area contributed by atoms with E-state index in [0.29, 0.717) is 5.71 Å². The molecule has 0 radical (unpaired) electrons. The number of hydrogen-bond donors (Lipinski definition) is 1. The Morgan fingerprint density at radius 1 is 1.45 bits per heavy atom. The molecule has 11 heavy (non-hydrogen) atoms. The van der Waals surface area contributed by atoms with Crippen molar-refractivity contribution in [3.63, 3.8) is 0 Å². The zero-order valence-electron chi connectivity index (χ0n) is 6.08. The van der Waals surface area contributed by atoms with Crippen molar-refractivity contribution in [1.82, 2.24) is 0 Å². The van der Waals surface area contributed by atoms with Crippen molar-refractivity contribution < 1.29 is 5.21 Å². The molecule has 1 rings (SSSR count). The maximum atomic E-state index is 8.48. The Labute approximate surface area is 73.7 Å². The van der Waals surface area contributed by atoms with E-state index in [1.54, 1.807) is 6.92 Å². The van der Waals surface area contributed by atoms with Gasteiger partial charge in [0, 0.05) is 10.0 Å². The molecule has 0 aliphatic rings. The molecule has 0 spiro atoms. The van der Waals surface area contributed by atoms with Crippen molar-refractivity contribution >= 4 is 21.6 Å². The third kappa shape index (κ3) is 1.80. The molecule has 0 aliphatic heterocycles. The van der Waals surface area contributed by atoms with Gasteiger partial charge in [0.1, 0.15) is 0 Å². The number of benzene rings is 1. The fraction of sp³-hybridized carbons (Fsp3) is 0.125. The van der Waals surface area contributed by atoms with E-state index in [9.17, 15) is 0 Å². The van der Waals surface area contributed by atoms with Crippen molar-refractivity contribution in [3.8, 4) is 0 Å². The number of halogens is 1. The fourth-order valence-corrected chi connectivity index (χ4v) is 1.38. The van der Waals surface area contributed by atoms with E-state index in [-0.39, 0.29) is 0 Å². The Morgan fingerprint density at radius 2 is 2.09 bits per heavy atom. The van der Waals surface area contributed by atoms with Crippen molar-refractivity contribution in [1.29, 1.82) is 0 Å². The molecular formula is C8H8BrNO. The second-order valence-electron chi connectivity index (χ2n) is 2.17. The molecule has 1 aromatic carbocycles. The van der Waals surface area contributed by atoms with Gasteiger partial charge in [-0.15, -0.1) is 0 Å². The molecule has 2 nitrogen and oxygen atoms in total. The van der Waals surface area contributed by atoms with Crippen molar-refractivity contribution in [2.24, 2.45) is 5.16 Å². The summed E-state index contributed by atoms with van der Waals surface area (Å²) >= 11 is 3.35. The van der Waals surface area contributed by atoms with Crippen LogP contribution in [0.3, 0.4) is 0 Å². The zero-order valence-corrected chi connectivity index (χ0v) is 7.67. The molecular weight excluding hydrogens is 206 g/mol. The van der Waals surface area contributed by atoms with Crippen molar-refractivity contribution in [2.75, 3.05) is 0 Å². The predicted octanol–water partition coefficient (Wildman–Crippen LogP) is 2.65. The monoisotopic (exact) mass is 213 g/mol. The molecule has 0 saturated heterocycles. The van der Waals surface area contributed by atoms with Crippen LogP contribution in [0.1, 0.15) is 12.5 Å². The van der Waals surface area contributed by atoms with Crippen LogP contribution in [0.4, 0.5) is 0 Å². The lowest BCUT2D eigenvalue weighted by Crippen LogP contribution is -1.94. The van der Waals surface area contributed by atoms with E-state index in [4.69, 9.17) is 5.21 Å². The summed E-state index contributed by atoms with van der Waals surface area (Å²) in [5.74, 6) is 0. The summed E-state index contributed by atoms with van der Waals surface area (Å²) in [4.78, 5) is 0. The molecule has 1 N–H and O–H groups in total. The van der Waals surface area contributed by atoms with Crippen LogP contribution in [0.15, 0.2) is 33.9 Å². The second kappa shape index (κ2) is 3.53. The molecule has 0 saturated carbocycles. The van der Waals surface area contributed by atoms with E-state index < -0.39 is 0 Å². The summed E-state index contributed by atoms with van der Waals surface area (Å²) in [6, 6.07) is 7.61. The van der Waals surface area contributed by atoms with Gasteiger partial charge in [0.25, 0.3) is 0 Å². The molecule has 1 aromatic rings. The molecule has 0 aromatic heterocycles. The average Bonchev–Trinajstić information content (AvgIpc) is 2.04. The van der Waals surface area contributed by atoms with Gasteiger partial charge in [-0.3, -0.25) is 0 Å². The lowest BCUT2D eigenvalue weighted by atomic mass is 10.1. The van der Waals surface area contributed by atoms with Gasteiger partial charge in [-0.05, 0) is 13.0 Å². The highest BCUT2D eigenvalue weighted by molar-refractivity contribution is 9.10. The van der Waals surface area contributed by atoms with Crippen LogP contribution in [-0.2, 0) is 0 Å². The van der Waals surface area contributed by atoms with E-state index in [0.717, 1.165) is 10.0 Å². The number of rotatable bonds is 1. The molecule has 3 heteroatoms. The Morgan fingerprint density at radius 3 is 2.64 bits per heavy atom. The zero-order chi connectivity index (χ0) is 8.27. The Kier molecular flexibility index (Phi) is 2.65. The topological polar surface area (TPSA) is 32.6 Å². The first-order valence-corrected chi connectivity index (χ1v) is 3.98. The summed E-state index contributed by atoms with van der Waals surface area (Å²) in [6.45, 7) is 1.75. The molecule has 0 heterocycles. The Balaban J connectivity index is 3.14. The minimum absolute atomic E-state index is 0.609. The smallest absolute Gasteiger partial charge is 0.0848 e. The van der Waals surface area contributed by atoms with Crippen LogP contribution in [0.25, 0.3) is 0 Å². The van der Waals surface area contributed by atoms with E-state index >= 15 is 0 Å². The van der Waals surface area contributed by atoms with Gasteiger partial charge < -0.3 is 5.21 Å². The molecule has 0 unspecified atom stereocenters. The highest BCUT2D eigenvalue weighted by Crippen LogP contribution is 2.16. The third-order valence-electron chi connectivity index (χ3n) is 1.41. The Bertz CT molecular complexity index is 283. The molecule has 0 bridgehead atoms. The normalized spacial score (nSPS) is 11.6. The second-order valence-corrected chi connectivity index (χ2v) is 3.02. The van der Waals surface area contributed by atoms with Gasteiger partial charge in [0.2, 0.25) is 0 Å². The van der Waals surface area contributed by atoms with Crippen LogP contribution >= 0.6 is 15.9 Å². The quantitative estimate of drug-likeness (QED) is 0.435. The molecule has 0 amide bonds.